The molecule has 1 amide bonds. The molecule has 5 heteroatoms. The molecule has 0 radical (unpaired) electrons. The first-order valence-corrected chi connectivity index (χ1v) is 10.5. The van der Waals surface area contributed by atoms with E-state index in [1.165, 1.54) is 0 Å². The average molecular weight is 363 g/mol. The van der Waals surface area contributed by atoms with Crippen LogP contribution in [0.1, 0.15) is 24.8 Å². The van der Waals surface area contributed by atoms with Gasteiger partial charge in [-0.3, -0.25) is 4.79 Å². The van der Waals surface area contributed by atoms with Crippen molar-refractivity contribution < 1.29 is 9.53 Å². The fourth-order valence-corrected chi connectivity index (χ4v) is 5.10. The number of carbonyl (C=O) groups excluding carboxylic acids is 1. The number of hydrogen-bond donors (Lipinski definition) is 0. The smallest absolute Gasteiger partial charge is 0.233 e. The number of benzene rings is 1. The molecule has 0 N–H and O–H groups in total. The number of ether oxygens (including phenoxy) is 1. The molecule has 0 aromatic heterocycles. The van der Waals surface area contributed by atoms with E-state index in [0.717, 1.165) is 49.4 Å². The Hall–Kier alpha value is -1.04. The molecular weight excluding hydrogens is 332 g/mol. The van der Waals surface area contributed by atoms with Gasteiger partial charge in [-0.1, -0.05) is 30.3 Å². The minimum Gasteiger partial charge on any atom is -0.381 e. The van der Waals surface area contributed by atoms with Crippen LogP contribution < -0.4 is 0 Å². The molecule has 3 rings (SSSR count). The Morgan fingerprint density at radius 2 is 2.00 bits per heavy atom. The lowest BCUT2D eigenvalue weighted by Gasteiger charge is -2.42. The Kier molecular flexibility index (Phi) is 6.42. The van der Waals surface area contributed by atoms with Crippen molar-refractivity contribution >= 4 is 17.7 Å². The van der Waals surface area contributed by atoms with E-state index < -0.39 is 5.41 Å². The number of likely N-dealkylation sites (N-methyl/N-ethyl adjacent to an activating group) is 1. The first-order chi connectivity index (χ1) is 12.1. The second-order valence-electron chi connectivity index (χ2n) is 7.40. The van der Waals surface area contributed by atoms with Crippen LogP contribution in [0.3, 0.4) is 0 Å². The van der Waals surface area contributed by atoms with E-state index >= 15 is 0 Å². The highest BCUT2D eigenvalue weighted by molar-refractivity contribution is 7.99. The summed E-state index contributed by atoms with van der Waals surface area (Å²) < 4.78 is 5.62. The van der Waals surface area contributed by atoms with Crippen LogP contribution in [-0.2, 0) is 14.9 Å². The van der Waals surface area contributed by atoms with E-state index in [4.69, 9.17) is 4.74 Å². The minimum atomic E-state index is -0.418. The molecule has 25 heavy (non-hydrogen) atoms. The lowest BCUT2D eigenvalue weighted by atomic mass is 9.72. The molecule has 0 bridgehead atoms. The maximum atomic E-state index is 13.9. The predicted octanol–water partition coefficient (Wildman–Crippen LogP) is 2.63. The van der Waals surface area contributed by atoms with Crippen molar-refractivity contribution in [2.24, 2.45) is 0 Å². The lowest BCUT2D eigenvalue weighted by molar-refractivity contribution is -0.143. The van der Waals surface area contributed by atoms with Gasteiger partial charge in [0.2, 0.25) is 5.91 Å². The minimum absolute atomic E-state index is 0.290. The van der Waals surface area contributed by atoms with Crippen molar-refractivity contribution in [2.45, 2.75) is 30.7 Å². The van der Waals surface area contributed by atoms with Gasteiger partial charge in [0, 0.05) is 32.1 Å². The Bertz CT molecular complexity index is 558. The monoisotopic (exact) mass is 362 g/mol. The van der Waals surface area contributed by atoms with Gasteiger partial charge in [-0.05, 0) is 44.7 Å². The summed E-state index contributed by atoms with van der Waals surface area (Å²) in [7, 11) is 4.19. The fourth-order valence-electron chi connectivity index (χ4n) is 4.05. The topological polar surface area (TPSA) is 32.8 Å². The van der Waals surface area contributed by atoms with Crippen molar-refractivity contribution in [2.75, 3.05) is 51.9 Å². The third kappa shape index (κ3) is 4.21. The molecule has 1 atom stereocenters. The molecule has 138 valence electrons. The van der Waals surface area contributed by atoms with Crippen LogP contribution in [-0.4, -0.2) is 73.7 Å². The van der Waals surface area contributed by atoms with Crippen LogP contribution >= 0.6 is 11.8 Å². The number of carbonyl (C=O) groups is 1. The predicted molar refractivity (Wildman–Crippen MR) is 104 cm³/mol. The van der Waals surface area contributed by atoms with E-state index in [-0.39, 0.29) is 0 Å². The highest BCUT2D eigenvalue weighted by Crippen LogP contribution is 2.38. The van der Waals surface area contributed by atoms with Gasteiger partial charge in [-0.2, -0.15) is 11.8 Å². The molecule has 0 aliphatic carbocycles. The average Bonchev–Trinajstić information content (AvgIpc) is 2.87. The Balaban J connectivity index is 1.92. The molecule has 2 aliphatic rings. The van der Waals surface area contributed by atoms with Crippen LogP contribution in [0.5, 0.6) is 0 Å². The highest BCUT2D eigenvalue weighted by atomic mass is 32.2. The van der Waals surface area contributed by atoms with Crippen molar-refractivity contribution in [3.8, 4) is 0 Å². The molecule has 2 saturated heterocycles. The standard InChI is InChI=1S/C20H30N2O2S/c1-21(2)15-18-16-25-14-6-11-22(18)19(23)20(9-12-24-13-10-20)17-7-4-3-5-8-17/h3-5,7-8,18H,6,9-16H2,1-2H3. The van der Waals surface area contributed by atoms with Gasteiger partial charge in [0.15, 0.2) is 0 Å². The van der Waals surface area contributed by atoms with Gasteiger partial charge >= 0.3 is 0 Å². The summed E-state index contributed by atoms with van der Waals surface area (Å²) in [5.74, 6) is 2.50. The molecule has 0 saturated carbocycles. The number of rotatable bonds is 4. The molecule has 1 aromatic rings. The van der Waals surface area contributed by atoms with Crippen molar-refractivity contribution in [1.29, 1.82) is 0 Å². The van der Waals surface area contributed by atoms with Crippen molar-refractivity contribution in [3.05, 3.63) is 35.9 Å². The van der Waals surface area contributed by atoms with Crippen molar-refractivity contribution in [1.82, 2.24) is 9.80 Å². The number of nitrogens with zero attached hydrogens (tertiary/aromatic N) is 2. The fraction of sp³-hybridized carbons (Fsp3) is 0.650. The molecular formula is C20H30N2O2S. The summed E-state index contributed by atoms with van der Waals surface area (Å²) in [4.78, 5) is 18.3. The third-order valence-corrected chi connectivity index (χ3v) is 6.56. The molecule has 1 aromatic carbocycles. The van der Waals surface area contributed by atoms with E-state index in [1.54, 1.807) is 0 Å². The van der Waals surface area contributed by atoms with Gasteiger partial charge in [-0.15, -0.1) is 0 Å². The van der Waals surface area contributed by atoms with E-state index in [0.29, 0.717) is 25.2 Å². The summed E-state index contributed by atoms with van der Waals surface area (Å²) >= 11 is 1.98. The Labute approximate surface area is 155 Å². The SMILES string of the molecule is CN(C)CC1CSCCCN1C(=O)C1(c2ccccc2)CCOCC1. The lowest BCUT2D eigenvalue weighted by Crippen LogP contribution is -2.55. The van der Waals surface area contributed by atoms with Crippen molar-refractivity contribution in [3.63, 3.8) is 0 Å². The van der Waals surface area contributed by atoms with Crippen LogP contribution in [0.25, 0.3) is 0 Å². The summed E-state index contributed by atoms with van der Waals surface area (Å²) in [6.07, 6.45) is 2.66. The summed E-state index contributed by atoms with van der Waals surface area (Å²) in [6.45, 7) is 3.14. The Morgan fingerprint density at radius 3 is 2.68 bits per heavy atom. The van der Waals surface area contributed by atoms with E-state index in [1.807, 2.05) is 17.8 Å². The zero-order chi connectivity index (χ0) is 17.7. The maximum absolute atomic E-state index is 13.9. The van der Waals surface area contributed by atoms with E-state index in [9.17, 15) is 4.79 Å². The second-order valence-corrected chi connectivity index (χ2v) is 8.55. The normalized spacial score (nSPS) is 24.1. The van der Waals surface area contributed by atoms with Crippen LogP contribution in [0.2, 0.25) is 0 Å². The highest BCUT2D eigenvalue weighted by Gasteiger charge is 2.45. The van der Waals surface area contributed by atoms with Gasteiger partial charge < -0.3 is 14.5 Å². The molecule has 2 aliphatic heterocycles. The first-order valence-electron chi connectivity index (χ1n) is 9.30. The number of hydrogen-bond acceptors (Lipinski definition) is 4. The van der Waals surface area contributed by atoms with E-state index in [2.05, 4.69) is 48.2 Å². The summed E-state index contributed by atoms with van der Waals surface area (Å²) in [6, 6.07) is 10.7. The molecule has 2 heterocycles. The first kappa shape index (κ1) is 18.7. The van der Waals surface area contributed by atoms with Gasteiger partial charge in [0.25, 0.3) is 0 Å². The van der Waals surface area contributed by atoms with Gasteiger partial charge in [0.05, 0.1) is 11.5 Å². The third-order valence-electron chi connectivity index (χ3n) is 5.36. The quantitative estimate of drug-likeness (QED) is 0.824. The summed E-state index contributed by atoms with van der Waals surface area (Å²) in [5.41, 5.74) is 0.739. The molecule has 1 unspecified atom stereocenters. The zero-order valence-electron chi connectivity index (χ0n) is 15.4. The van der Waals surface area contributed by atoms with Gasteiger partial charge in [0.1, 0.15) is 0 Å². The van der Waals surface area contributed by atoms with Gasteiger partial charge in [-0.25, -0.2) is 0 Å². The number of thioether (sulfide) groups is 1. The largest absolute Gasteiger partial charge is 0.381 e. The second kappa shape index (κ2) is 8.56. The maximum Gasteiger partial charge on any atom is 0.233 e. The van der Waals surface area contributed by atoms with Crippen LogP contribution in [0.15, 0.2) is 30.3 Å². The molecule has 4 nitrogen and oxygen atoms in total. The number of amides is 1. The molecule has 2 fully saturated rings. The van der Waals surface area contributed by atoms with Crippen LogP contribution in [0, 0.1) is 0 Å². The molecule has 0 spiro atoms. The summed E-state index contributed by atoms with van der Waals surface area (Å²) in [5, 5.41) is 0. The Morgan fingerprint density at radius 1 is 1.28 bits per heavy atom. The van der Waals surface area contributed by atoms with Crippen LogP contribution in [0.4, 0.5) is 0 Å². The zero-order valence-corrected chi connectivity index (χ0v) is 16.3.